The van der Waals surface area contributed by atoms with Crippen LogP contribution in [0.25, 0.3) is 5.69 Å². The molecule has 0 amide bonds. The molecule has 1 aromatic heterocycles. The van der Waals surface area contributed by atoms with Crippen LogP contribution in [0.1, 0.15) is 27.6 Å². The van der Waals surface area contributed by atoms with Crippen molar-refractivity contribution in [1.29, 1.82) is 0 Å². The summed E-state index contributed by atoms with van der Waals surface area (Å²) < 4.78 is 8.47. The second kappa shape index (κ2) is 8.60. The molecule has 1 atom stereocenters. The molecular formula is C19H16N2O3S3. The van der Waals surface area contributed by atoms with E-state index in [1.54, 1.807) is 60.1 Å². The zero-order valence-electron chi connectivity index (χ0n) is 14.6. The summed E-state index contributed by atoms with van der Waals surface area (Å²) >= 11 is 8.27. The van der Waals surface area contributed by atoms with Crippen molar-refractivity contribution in [2.24, 2.45) is 0 Å². The topological polar surface area (TPSA) is 61.2 Å². The van der Waals surface area contributed by atoms with Crippen LogP contribution in [-0.2, 0) is 4.74 Å². The third-order valence-electron chi connectivity index (χ3n) is 3.76. The van der Waals surface area contributed by atoms with Gasteiger partial charge in [0, 0.05) is 5.56 Å². The maximum absolute atomic E-state index is 12.3. The first-order chi connectivity index (χ1) is 13.0. The van der Waals surface area contributed by atoms with E-state index in [-0.39, 0.29) is 5.78 Å². The molecule has 0 aliphatic heterocycles. The lowest BCUT2D eigenvalue weighted by atomic mass is 10.1. The molecule has 0 aliphatic carbocycles. The summed E-state index contributed by atoms with van der Waals surface area (Å²) in [5.74, 6) is -0.788. The third kappa shape index (κ3) is 4.52. The largest absolute Gasteiger partial charge is 0.451 e. The molecule has 0 saturated heterocycles. The van der Waals surface area contributed by atoms with Gasteiger partial charge in [-0.05, 0) is 49.7 Å². The molecule has 0 unspecified atom stereocenters. The normalized spacial score (nSPS) is 11.8. The van der Waals surface area contributed by atoms with E-state index in [9.17, 15) is 9.59 Å². The highest BCUT2D eigenvalue weighted by atomic mass is 32.2. The summed E-state index contributed by atoms with van der Waals surface area (Å²) in [5, 5.41) is 4.41. The Morgan fingerprint density at radius 2 is 1.78 bits per heavy atom. The number of Topliss-reactive ketones (excluding diaryl/α,β-unsaturated/α-hetero) is 1. The molecule has 1 heterocycles. The fraction of sp³-hybridized carbons (Fsp3) is 0.158. The zero-order valence-corrected chi connectivity index (χ0v) is 17.1. The molecule has 0 N–H and O–H groups in total. The Morgan fingerprint density at radius 1 is 1.11 bits per heavy atom. The molecule has 3 rings (SSSR count). The number of ketones is 1. The Balaban J connectivity index is 1.71. The number of ether oxygens (including phenoxy) is 1. The summed E-state index contributed by atoms with van der Waals surface area (Å²) in [4.78, 5) is 24.7. The summed E-state index contributed by atoms with van der Waals surface area (Å²) in [5.41, 5.74) is 1.63. The molecule has 0 bridgehead atoms. The summed E-state index contributed by atoms with van der Waals surface area (Å²) in [6.45, 7) is 1.57. The van der Waals surface area contributed by atoms with Crippen LogP contribution in [0, 0.1) is 3.95 Å². The summed E-state index contributed by atoms with van der Waals surface area (Å²) in [7, 11) is 0. The van der Waals surface area contributed by atoms with E-state index >= 15 is 0 Å². The van der Waals surface area contributed by atoms with E-state index in [1.807, 2.05) is 12.3 Å². The van der Waals surface area contributed by atoms with Crippen LogP contribution in [0.3, 0.4) is 0 Å². The molecular weight excluding hydrogens is 400 g/mol. The van der Waals surface area contributed by atoms with E-state index in [0.29, 0.717) is 15.1 Å². The highest BCUT2D eigenvalue weighted by molar-refractivity contribution is 8.00. The van der Waals surface area contributed by atoms with Crippen LogP contribution in [0.15, 0.2) is 58.9 Å². The molecule has 0 fully saturated rings. The molecule has 138 valence electrons. The van der Waals surface area contributed by atoms with Gasteiger partial charge in [0.25, 0.3) is 0 Å². The number of hydrogen-bond acceptors (Lipinski definition) is 7. The minimum atomic E-state index is -0.865. The van der Waals surface area contributed by atoms with Crippen LogP contribution >= 0.6 is 35.3 Å². The van der Waals surface area contributed by atoms with Gasteiger partial charge in [-0.15, -0.1) is 5.10 Å². The van der Waals surface area contributed by atoms with Crippen molar-refractivity contribution in [1.82, 2.24) is 9.78 Å². The first kappa shape index (κ1) is 19.5. The minimum Gasteiger partial charge on any atom is -0.451 e. The van der Waals surface area contributed by atoms with E-state index in [4.69, 9.17) is 17.0 Å². The molecule has 0 spiro atoms. The molecule has 8 heteroatoms. The summed E-state index contributed by atoms with van der Waals surface area (Å²) in [6.07, 6.45) is 1.07. The number of aromatic nitrogens is 2. The molecule has 3 aromatic rings. The van der Waals surface area contributed by atoms with Crippen LogP contribution in [0.4, 0.5) is 0 Å². The van der Waals surface area contributed by atoms with Crippen LogP contribution in [0.2, 0.25) is 0 Å². The predicted molar refractivity (Wildman–Crippen MR) is 110 cm³/mol. The number of benzene rings is 2. The Labute approximate surface area is 170 Å². The molecule has 0 saturated carbocycles. The van der Waals surface area contributed by atoms with Gasteiger partial charge in [0.1, 0.15) is 0 Å². The van der Waals surface area contributed by atoms with Crippen molar-refractivity contribution in [2.45, 2.75) is 17.4 Å². The van der Waals surface area contributed by atoms with Gasteiger partial charge in [-0.1, -0.05) is 53.4 Å². The quantitative estimate of drug-likeness (QED) is 0.249. The van der Waals surface area contributed by atoms with Gasteiger partial charge in [-0.25, -0.2) is 9.48 Å². The van der Waals surface area contributed by atoms with Gasteiger partial charge < -0.3 is 4.74 Å². The maximum Gasteiger partial charge on any atom is 0.338 e. The number of thioether (sulfide) groups is 1. The number of nitrogens with zero attached hydrogens (tertiary/aromatic N) is 2. The molecule has 2 aromatic carbocycles. The number of esters is 1. The van der Waals surface area contributed by atoms with E-state index in [2.05, 4.69) is 5.10 Å². The minimum absolute atomic E-state index is 0.237. The molecule has 5 nitrogen and oxygen atoms in total. The highest BCUT2D eigenvalue weighted by Crippen LogP contribution is 2.22. The van der Waals surface area contributed by atoms with Crippen molar-refractivity contribution in [3.05, 3.63) is 69.7 Å². The van der Waals surface area contributed by atoms with Gasteiger partial charge >= 0.3 is 5.97 Å². The van der Waals surface area contributed by atoms with E-state index in [0.717, 1.165) is 10.0 Å². The van der Waals surface area contributed by atoms with Gasteiger partial charge in [-0.3, -0.25) is 4.79 Å². The van der Waals surface area contributed by atoms with Crippen molar-refractivity contribution in [3.8, 4) is 5.69 Å². The fourth-order valence-corrected chi connectivity index (χ4v) is 4.14. The lowest BCUT2D eigenvalue weighted by Gasteiger charge is -2.12. The SMILES string of the molecule is CSc1nn(-c2ccc(C(=O)O[C@@H](C)C(=O)c3ccccc3)cc2)c(=S)s1. The number of carbonyl (C=O) groups is 2. The molecule has 27 heavy (non-hydrogen) atoms. The molecule has 0 aliphatic rings. The zero-order chi connectivity index (χ0) is 19.4. The van der Waals surface area contributed by atoms with Gasteiger partial charge in [0.15, 0.2) is 14.4 Å². The van der Waals surface area contributed by atoms with Crippen molar-refractivity contribution >= 4 is 47.1 Å². The lowest BCUT2D eigenvalue weighted by Crippen LogP contribution is -2.24. The van der Waals surface area contributed by atoms with E-state index in [1.165, 1.54) is 23.1 Å². The number of rotatable bonds is 6. The average Bonchev–Trinajstić information content (AvgIpc) is 3.09. The lowest BCUT2D eigenvalue weighted by molar-refractivity contribution is 0.0319. The Morgan fingerprint density at radius 3 is 2.37 bits per heavy atom. The van der Waals surface area contributed by atoms with Crippen molar-refractivity contribution in [3.63, 3.8) is 0 Å². The molecule has 0 radical (unpaired) electrons. The Kier molecular flexibility index (Phi) is 6.20. The van der Waals surface area contributed by atoms with Crippen molar-refractivity contribution < 1.29 is 14.3 Å². The first-order valence-electron chi connectivity index (χ1n) is 8.04. The van der Waals surface area contributed by atoms with Gasteiger partial charge in [-0.2, -0.15) is 0 Å². The smallest absolute Gasteiger partial charge is 0.338 e. The highest BCUT2D eigenvalue weighted by Gasteiger charge is 2.20. The van der Waals surface area contributed by atoms with Crippen molar-refractivity contribution in [2.75, 3.05) is 6.26 Å². The number of carbonyl (C=O) groups excluding carboxylic acids is 2. The van der Waals surface area contributed by atoms with E-state index < -0.39 is 12.1 Å². The van der Waals surface area contributed by atoms with Gasteiger partial charge in [0.05, 0.1) is 11.3 Å². The van der Waals surface area contributed by atoms with Crippen LogP contribution in [-0.4, -0.2) is 33.9 Å². The monoisotopic (exact) mass is 416 g/mol. The second-order valence-electron chi connectivity index (χ2n) is 5.57. The second-order valence-corrected chi connectivity index (χ2v) is 8.25. The Hall–Kier alpha value is -2.29. The average molecular weight is 417 g/mol. The van der Waals surface area contributed by atoms with Gasteiger partial charge in [0.2, 0.25) is 5.78 Å². The third-order valence-corrected chi connectivity index (χ3v) is 5.97. The predicted octanol–water partition coefficient (Wildman–Crippen LogP) is 4.81. The first-order valence-corrected chi connectivity index (χ1v) is 10.5. The standard InChI is InChI=1S/C19H16N2O3S3/c1-12(16(22)13-6-4-3-5-7-13)24-17(23)14-8-10-15(11-9-14)21-19(25)27-18(20-21)26-2/h3-12H,1-2H3/t12-/m0/s1. The fourth-order valence-electron chi connectivity index (χ4n) is 2.36. The van der Waals surface area contributed by atoms with Crippen LogP contribution < -0.4 is 0 Å². The van der Waals surface area contributed by atoms with Crippen LogP contribution in [0.5, 0.6) is 0 Å². The Bertz CT molecular complexity index is 1010. The summed E-state index contributed by atoms with van der Waals surface area (Å²) in [6, 6.07) is 15.5. The maximum atomic E-state index is 12.3. The number of hydrogen-bond donors (Lipinski definition) is 0.